The van der Waals surface area contributed by atoms with Crippen LogP contribution in [0.25, 0.3) is 11.0 Å². The predicted octanol–water partition coefficient (Wildman–Crippen LogP) is 1.11. The summed E-state index contributed by atoms with van der Waals surface area (Å²) < 4.78 is 25.0. The summed E-state index contributed by atoms with van der Waals surface area (Å²) in [6.07, 6.45) is 3.95. The van der Waals surface area contributed by atoms with Crippen molar-refractivity contribution in [2.24, 2.45) is 13.0 Å². The van der Waals surface area contributed by atoms with Crippen LogP contribution in [0, 0.1) is 5.92 Å². The third-order valence-corrected chi connectivity index (χ3v) is 7.17. The van der Waals surface area contributed by atoms with Crippen molar-refractivity contribution in [1.82, 2.24) is 19.7 Å². The van der Waals surface area contributed by atoms with Crippen LogP contribution >= 0.6 is 0 Å². The fourth-order valence-corrected chi connectivity index (χ4v) is 5.77. The minimum atomic E-state index is -3.02. The van der Waals surface area contributed by atoms with E-state index >= 15 is 0 Å². The quantitative estimate of drug-likeness (QED) is 0.799. The second-order valence-corrected chi connectivity index (χ2v) is 9.31. The molecule has 0 N–H and O–H groups in total. The first-order valence-electron chi connectivity index (χ1n) is 8.71. The lowest BCUT2D eigenvalue weighted by Crippen LogP contribution is -2.41. The molecule has 1 atom stereocenters. The number of carbonyl (C=O) groups is 1. The predicted molar refractivity (Wildman–Crippen MR) is 93.8 cm³/mol. The van der Waals surface area contributed by atoms with Crippen molar-refractivity contribution in [2.75, 3.05) is 24.6 Å². The van der Waals surface area contributed by atoms with Crippen molar-refractivity contribution < 1.29 is 13.2 Å². The van der Waals surface area contributed by atoms with Gasteiger partial charge in [0.2, 0.25) is 5.91 Å². The molecule has 2 aliphatic heterocycles. The summed E-state index contributed by atoms with van der Waals surface area (Å²) in [7, 11) is -1.12. The Morgan fingerprint density at radius 3 is 2.68 bits per heavy atom. The van der Waals surface area contributed by atoms with Crippen LogP contribution in [0.3, 0.4) is 0 Å². The molecule has 0 aromatic carbocycles. The van der Waals surface area contributed by atoms with Crippen LogP contribution in [0.5, 0.6) is 0 Å². The van der Waals surface area contributed by atoms with Gasteiger partial charge in [0.1, 0.15) is 0 Å². The molecule has 2 aromatic rings. The lowest BCUT2D eigenvalue weighted by Gasteiger charge is -2.32. The van der Waals surface area contributed by atoms with Gasteiger partial charge in [0, 0.05) is 37.6 Å². The standard InChI is InChI=1S/C17H22N4O3S/c1-20-16-14(3-2-7-18-16)15(19-20)12-4-8-21(9-5-12)17(22)13-6-10-25(23,24)11-13/h2-3,7,12-13H,4-6,8-11H2,1H3/t13-/m0/s1. The van der Waals surface area contributed by atoms with E-state index < -0.39 is 9.84 Å². The molecule has 2 fully saturated rings. The van der Waals surface area contributed by atoms with E-state index in [1.54, 1.807) is 6.20 Å². The Hall–Kier alpha value is -1.96. The Kier molecular flexibility index (Phi) is 4.02. The Labute approximate surface area is 146 Å². The van der Waals surface area contributed by atoms with E-state index in [1.807, 2.05) is 28.8 Å². The van der Waals surface area contributed by atoms with Crippen molar-refractivity contribution in [3.63, 3.8) is 0 Å². The smallest absolute Gasteiger partial charge is 0.226 e. The fraction of sp³-hybridized carbons (Fsp3) is 0.588. The van der Waals surface area contributed by atoms with Crippen molar-refractivity contribution in [1.29, 1.82) is 0 Å². The number of aryl methyl sites for hydroxylation is 1. The van der Waals surface area contributed by atoms with Crippen molar-refractivity contribution >= 4 is 26.8 Å². The fourth-order valence-electron chi connectivity index (χ4n) is 4.04. The number of nitrogens with zero attached hydrogens (tertiary/aromatic N) is 4. The van der Waals surface area contributed by atoms with E-state index in [0.29, 0.717) is 25.4 Å². The van der Waals surface area contributed by atoms with Gasteiger partial charge in [-0.2, -0.15) is 5.10 Å². The number of carbonyl (C=O) groups excluding carboxylic acids is 1. The number of hydrogen-bond donors (Lipinski definition) is 0. The van der Waals surface area contributed by atoms with Crippen LogP contribution in [-0.2, 0) is 21.7 Å². The average molecular weight is 362 g/mol. The molecule has 1 amide bonds. The number of aromatic nitrogens is 3. The molecule has 8 heteroatoms. The monoisotopic (exact) mass is 362 g/mol. The highest BCUT2D eigenvalue weighted by Gasteiger charge is 2.37. The van der Waals surface area contributed by atoms with E-state index in [4.69, 9.17) is 0 Å². The minimum absolute atomic E-state index is 0.00655. The molecular weight excluding hydrogens is 340 g/mol. The summed E-state index contributed by atoms with van der Waals surface area (Å²) in [4.78, 5) is 18.8. The Morgan fingerprint density at radius 1 is 1.24 bits per heavy atom. The van der Waals surface area contributed by atoms with E-state index in [1.165, 1.54) is 0 Å². The van der Waals surface area contributed by atoms with Gasteiger partial charge >= 0.3 is 0 Å². The van der Waals surface area contributed by atoms with Gasteiger partial charge in [-0.3, -0.25) is 9.48 Å². The molecule has 0 unspecified atom stereocenters. The minimum Gasteiger partial charge on any atom is -0.342 e. The lowest BCUT2D eigenvalue weighted by atomic mass is 9.91. The average Bonchev–Trinajstić information content (AvgIpc) is 3.15. The Balaban J connectivity index is 1.45. The van der Waals surface area contributed by atoms with E-state index in [-0.39, 0.29) is 23.3 Å². The van der Waals surface area contributed by atoms with Crippen LogP contribution in [0.15, 0.2) is 18.3 Å². The number of amides is 1. The van der Waals surface area contributed by atoms with Gasteiger partial charge in [-0.1, -0.05) is 0 Å². The molecule has 0 bridgehead atoms. The molecule has 134 valence electrons. The molecule has 4 heterocycles. The first-order valence-corrected chi connectivity index (χ1v) is 10.5. The SMILES string of the molecule is Cn1nc(C2CCN(C(=O)[C@H]3CCS(=O)(=O)C3)CC2)c2cccnc21. The van der Waals surface area contributed by atoms with Gasteiger partial charge in [0.15, 0.2) is 15.5 Å². The topological polar surface area (TPSA) is 85.2 Å². The Bertz CT molecular complexity index is 913. The summed E-state index contributed by atoms with van der Waals surface area (Å²) >= 11 is 0. The highest BCUT2D eigenvalue weighted by molar-refractivity contribution is 7.91. The number of pyridine rings is 1. The highest BCUT2D eigenvalue weighted by Crippen LogP contribution is 2.32. The number of hydrogen-bond acceptors (Lipinski definition) is 5. The van der Waals surface area contributed by atoms with E-state index in [2.05, 4.69) is 10.1 Å². The third kappa shape index (κ3) is 3.03. The molecule has 25 heavy (non-hydrogen) atoms. The number of piperidine rings is 1. The number of likely N-dealkylation sites (tertiary alicyclic amines) is 1. The molecule has 0 spiro atoms. The zero-order valence-corrected chi connectivity index (χ0v) is 15.1. The zero-order valence-electron chi connectivity index (χ0n) is 14.3. The number of sulfone groups is 1. The largest absolute Gasteiger partial charge is 0.342 e. The van der Waals surface area contributed by atoms with E-state index in [0.717, 1.165) is 29.6 Å². The molecule has 2 aromatic heterocycles. The first-order chi connectivity index (χ1) is 11.9. The normalized spacial score (nSPS) is 24.0. The molecule has 4 rings (SSSR count). The van der Waals surface area contributed by atoms with Gasteiger partial charge in [-0.25, -0.2) is 13.4 Å². The number of fused-ring (bicyclic) bond motifs is 1. The maximum atomic E-state index is 12.6. The van der Waals surface area contributed by atoms with Crippen LogP contribution in [0.2, 0.25) is 0 Å². The summed E-state index contributed by atoms with van der Waals surface area (Å²) in [5.74, 6) is 0.132. The summed E-state index contributed by atoms with van der Waals surface area (Å²) in [5.41, 5.74) is 1.94. The zero-order chi connectivity index (χ0) is 17.6. The maximum Gasteiger partial charge on any atom is 0.226 e. The molecule has 0 saturated carbocycles. The van der Waals surface area contributed by atoms with E-state index in [9.17, 15) is 13.2 Å². The second-order valence-electron chi connectivity index (χ2n) is 7.08. The van der Waals surface area contributed by atoms with Crippen LogP contribution in [-0.4, -0.2) is 58.6 Å². The third-order valence-electron chi connectivity index (χ3n) is 5.40. The molecule has 0 radical (unpaired) electrons. The van der Waals surface area contributed by atoms with Crippen LogP contribution in [0.4, 0.5) is 0 Å². The summed E-state index contributed by atoms with van der Waals surface area (Å²) in [6.45, 7) is 1.33. The van der Waals surface area contributed by atoms with Gasteiger partial charge in [-0.15, -0.1) is 0 Å². The summed E-state index contributed by atoms with van der Waals surface area (Å²) in [5, 5.41) is 5.73. The lowest BCUT2D eigenvalue weighted by molar-refractivity contribution is -0.135. The maximum absolute atomic E-state index is 12.6. The molecule has 0 aliphatic carbocycles. The molecule has 2 saturated heterocycles. The molecule has 7 nitrogen and oxygen atoms in total. The van der Waals surface area contributed by atoms with Gasteiger partial charge < -0.3 is 4.90 Å². The van der Waals surface area contributed by atoms with Crippen LogP contribution in [0.1, 0.15) is 30.9 Å². The van der Waals surface area contributed by atoms with Gasteiger partial charge in [0.25, 0.3) is 0 Å². The highest BCUT2D eigenvalue weighted by atomic mass is 32.2. The van der Waals surface area contributed by atoms with Gasteiger partial charge in [-0.05, 0) is 31.4 Å². The molecule has 2 aliphatic rings. The summed E-state index contributed by atoms with van der Waals surface area (Å²) in [6, 6.07) is 3.97. The van der Waals surface area contributed by atoms with Crippen molar-refractivity contribution in [2.45, 2.75) is 25.2 Å². The van der Waals surface area contributed by atoms with Gasteiger partial charge in [0.05, 0.1) is 23.1 Å². The Morgan fingerprint density at radius 2 is 2.00 bits per heavy atom. The molecular formula is C17H22N4O3S. The first kappa shape index (κ1) is 16.5. The van der Waals surface area contributed by atoms with Crippen molar-refractivity contribution in [3.8, 4) is 0 Å². The van der Waals surface area contributed by atoms with Crippen molar-refractivity contribution in [3.05, 3.63) is 24.0 Å². The van der Waals surface area contributed by atoms with Crippen LogP contribution < -0.4 is 0 Å². The number of rotatable bonds is 2. The second kappa shape index (κ2) is 6.09.